The fraction of sp³-hybridized carbons (Fsp3) is 0.500. The van der Waals surface area contributed by atoms with Crippen molar-refractivity contribution in [1.82, 2.24) is 0 Å². The van der Waals surface area contributed by atoms with Crippen molar-refractivity contribution in [2.24, 2.45) is 5.73 Å². The van der Waals surface area contributed by atoms with Crippen LogP contribution in [0.3, 0.4) is 0 Å². The first kappa shape index (κ1) is 12.4. The maximum Gasteiger partial charge on any atom is 0.239 e. The number of sulfonamides is 1. The summed E-state index contributed by atoms with van der Waals surface area (Å²) in [7, 11) is -3.25. The predicted octanol–water partition coefficient (Wildman–Crippen LogP) is 1.17. The number of hydrogen-bond acceptors (Lipinski definition) is 3. The van der Waals surface area contributed by atoms with Crippen LogP contribution in [0.5, 0.6) is 0 Å². The van der Waals surface area contributed by atoms with Gasteiger partial charge in [-0.15, -0.1) is 0 Å². The molecule has 1 aromatic rings. The molecule has 1 aliphatic heterocycles. The minimum atomic E-state index is -3.25. The third kappa shape index (κ3) is 2.05. The van der Waals surface area contributed by atoms with Crippen LogP contribution in [0.1, 0.15) is 17.5 Å². The molecule has 1 saturated heterocycles. The van der Waals surface area contributed by atoms with Gasteiger partial charge in [0.25, 0.3) is 0 Å². The minimum absolute atomic E-state index is 0.198. The molecular weight excluding hydrogens is 236 g/mol. The van der Waals surface area contributed by atoms with Crippen LogP contribution in [-0.2, 0) is 10.0 Å². The average Bonchev–Trinajstić information content (AvgIpc) is 2.57. The van der Waals surface area contributed by atoms with Crippen LogP contribution in [-0.4, -0.2) is 26.8 Å². The van der Waals surface area contributed by atoms with Gasteiger partial charge in [0.1, 0.15) is 0 Å². The lowest BCUT2D eigenvalue weighted by Crippen LogP contribution is -2.33. The third-order valence-corrected chi connectivity index (χ3v) is 5.70. The molecule has 1 fully saturated rings. The molecule has 1 aromatic carbocycles. The number of nitrogens with two attached hydrogens (primary N) is 1. The van der Waals surface area contributed by atoms with Crippen LogP contribution in [0.4, 0.5) is 5.69 Å². The summed E-state index contributed by atoms with van der Waals surface area (Å²) in [6.07, 6.45) is 0.617. The fourth-order valence-electron chi connectivity index (χ4n) is 2.11. The normalized spacial score (nSPS) is 23.0. The van der Waals surface area contributed by atoms with E-state index in [9.17, 15) is 8.42 Å². The highest BCUT2D eigenvalue weighted by molar-refractivity contribution is 7.93. The summed E-state index contributed by atoms with van der Waals surface area (Å²) in [5, 5.41) is -0.427. The molecule has 0 spiro atoms. The van der Waals surface area contributed by atoms with E-state index in [0.29, 0.717) is 13.0 Å². The zero-order valence-corrected chi connectivity index (χ0v) is 11.0. The zero-order valence-electron chi connectivity index (χ0n) is 10.2. The first-order valence-corrected chi connectivity index (χ1v) is 7.26. The van der Waals surface area contributed by atoms with E-state index in [0.717, 1.165) is 11.3 Å². The van der Waals surface area contributed by atoms with Crippen LogP contribution in [0, 0.1) is 13.8 Å². The summed E-state index contributed by atoms with van der Waals surface area (Å²) in [5.41, 5.74) is 8.52. The molecule has 2 rings (SSSR count). The molecule has 0 aliphatic carbocycles. The highest BCUT2D eigenvalue weighted by atomic mass is 32.2. The average molecular weight is 254 g/mol. The lowest BCUT2D eigenvalue weighted by atomic mass is 10.1. The second-order valence-corrected chi connectivity index (χ2v) is 6.67. The molecule has 1 heterocycles. The summed E-state index contributed by atoms with van der Waals surface area (Å²) in [6, 6.07) is 5.74. The topological polar surface area (TPSA) is 63.4 Å². The summed E-state index contributed by atoms with van der Waals surface area (Å²) in [5.74, 6) is 0. The maximum absolute atomic E-state index is 12.2. The van der Waals surface area contributed by atoms with Crippen molar-refractivity contribution in [2.45, 2.75) is 25.5 Å². The number of hydrogen-bond donors (Lipinski definition) is 1. The molecule has 0 unspecified atom stereocenters. The second-order valence-electron chi connectivity index (χ2n) is 4.53. The molecule has 1 aliphatic rings. The van der Waals surface area contributed by atoms with Gasteiger partial charge in [0.15, 0.2) is 0 Å². The first-order valence-electron chi connectivity index (χ1n) is 5.75. The van der Waals surface area contributed by atoms with Gasteiger partial charge in [0, 0.05) is 13.1 Å². The molecule has 0 bridgehead atoms. The Morgan fingerprint density at radius 1 is 1.35 bits per heavy atom. The number of rotatable bonds is 2. The standard InChI is InChI=1S/C12H18N2O2S/c1-9-3-4-11(7-10(9)2)14-6-5-12(8-13)17(14,15)16/h3-4,7,12H,5-6,8,13H2,1-2H3/t12-/m1/s1. The Bertz CT molecular complexity index is 525. The van der Waals surface area contributed by atoms with Gasteiger partial charge in [0.05, 0.1) is 10.9 Å². The molecule has 5 heteroatoms. The van der Waals surface area contributed by atoms with E-state index in [1.807, 2.05) is 32.0 Å². The van der Waals surface area contributed by atoms with Crippen LogP contribution >= 0.6 is 0 Å². The van der Waals surface area contributed by atoms with Crippen molar-refractivity contribution in [3.05, 3.63) is 29.3 Å². The van der Waals surface area contributed by atoms with E-state index < -0.39 is 15.3 Å². The van der Waals surface area contributed by atoms with E-state index >= 15 is 0 Å². The highest BCUT2D eigenvalue weighted by Crippen LogP contribution is 2.29. The second kappa shape index (κ2) is 4.31. The van der Waals surface area contributed by atoms with Gasteiger partial charge in [-0.25, -0.2) is 8.42 Å². The molecular formula is C12H18N2O2S. The van der Waals surface area contributed by atoms with Crippen LogP contribution < -0.4 is 10.0 Å². The highest BCUT2D eigenvalue weighted by Gasteiger charge is 2.37. The van der Waals surface area contributed by atoms with Gasteiger partial charge in [0.2, 0.25) is 10.0 Å². The molecule has 17 heavy (non-hydrogen) atoms. The Labute approximate surface area is 102 Å². The van der Waals surface area contributed by atoms with E-state index in [4.69, 9.17) is 5.73 Å². The Morgan fingerprint density at radius 3 is 2.59 bits per heavy atom. The van der Waals surface area contributed by atoms with Gasteiger partial charge in [-0.05, 0) is 43.5 Å². The van der Waals surface area contributed by atoms with Crippen molar-refractivity contribution in [3.63, 3.8) is 0 Å². The van der Waals surface area contributed by atoms with Crippen molar-refractivity contribution in [1.29, 1.82) is 0 Å². The minimum Gasteiger partial charge on any atom is -0.329 e. The molecule has 1 atom stereocenters. The predicted molar refractivity (Wildman–Crippen MR) is 69.6 cm³/mol. The van der Waals surface area contributed by atoms with Gasteiger partial charge >= 0.3 is 0 Å². The van der Waals surface area contributed by atoms with E-state index in [1.54, 1.807) is 0 Å². The lowest BCUT2D eigenvalue weighted by Gasteiger charge is -2.19. The molecule has 4 nitrogen and oxygen atoms in total. The monoisotopic (exact) mass is 254 g/mol. The van der Waals surface area contributed by atoms with Gasteiger partial charge in [-0.3, -0.25) is 4.31 Å². The van der Waals surface area contributed by atoms with Gasteiger partial charge < -0.3 is 5.73 Å². The largest absolute Gasteiger partial charge is 0.329 e. The van der Waals surface area contributed by atoms with Crippen molar-refractivity contribution in [3.8, 4) is 0 Å². The van der Waals surface area contributed by atoms with E-state index in [2.05, 4.69) is 0 Å². The van der Waals surface area contributed by atoms with E-state index in [1.165, 1.54) is 9.87 Å². The SMILES string of the molecule is Cc1ccc(N2CC[C@H](CN)S2(=O)=O)cc1C. The summed E-state index contributed by atoms with van der Waals surface area (Å²) < 4.78 is 25.8. The summed E-state index contributed by atoms with van der Waals surface area (Å²) >= 11 is 0. The Kier molecular flexibility index (Phi) is 3.14. The number of benzene rings is 1. The Balaban J connectivity index is 2.39. The third-order valence-electron chi connectivity index (χ3n) is 3.42. The molecule has 94 valence electrons. The molecule has 0 saturated carbocycles. The first-order chi connectivity index (χ1) is 7.96. The van der Waals surface area contributed by atoms with Crippen molar-refractivity contribution in [2.75, 3.05) is 17.4 Å². The van der Waals surface area contributed by atoms with Crippen LogP contribution in [0.2, 0.25) is 0 Å². The molecule has 0 radical (unpaired) electrons. The quantitative estimate of drug-likeness (QED) is 0.861. The summed E-state index contributed by atoms with van der Waals surface area (Å²) in [4.78, 5) is 0. The lowest BCUT2D eigenvalue weighted by molar-refractivity contribution is 0.588. The van der Waals surface area contributed by atoms with E-state index in [-0.39, 0.29) is 6.54 Å². The molecule has 0 aromatic heterocycles. The zero-order chi connectivity index (χ0) is 12.6. The van der Waals surface area contributed by atoms with Crippen molar-refractivity contribution < 1.29 is 8.42 Å². The van der Waals surface area contributed by atoms with Gasteiger partial charge in [-0.1, -0.05) is 6.07 Å². The molecule has 0 amide bonds. The Hall–Kier alpha value is -1.07. The number of nitrogens with zero attached hydrogens (tertiary/aromatic N) is 1. The number of aryl methyl sites for hydroxylation is 2. The molecule has 2 N–H and O–H groups in total. The van der Waals surface area contributed by atoms with Crippen LogP contribution in [0.15, 0.2) is 18.2 Å². The smallest absolute Gasteiger partial charge is 0.239 e. The fourth-order valence-corrected chi connectivity index (χ4v) is 3.89. The van der Waals surface area contributed by atoms with Crippen molar-refractivity contribution >= 4 is 15.7 Å². The summed E-state index contributed by atoms with van der Waals surface area (Å²) in [6.45, 7) is 4.73. The maximum atomic E-state index is 12.2. The van der Waals surface area contributed by atoms with Crippen LogP contribution in [0.25, 0.3) is 0 Å². The number of anilines is 1. The van der Waals surface area contributed by atoms with Gasteiger partial charge in [-0.2, -0.15) is 0 Å². The Morgan fingerprint density at radius 2 is 2.06 bits per heavy atom.